The fourth-order valence-electron chi connectivity index (χ4n) is 4.42. The van der Waals surface area contributed by atoms with Crippen LogP contribution in [0.15, 0.2) is 51.3 Å². The number of nitriles is 1. The molecule has 35 heavy (non-hydrogen) atoms. The van der Waals surface area contributed by atoms with Gasteiger partial charge in [-0.1, -0.05) is 60.7 Å². The summed E-state index contributed by atoms with van der Waals surface area (Å²) in [7, 11) is 0. The van der Waals surface area contributed by atoms with E-state index in [0.717, 1.165) is 5.56 Å². The van der Waals surface area contributed by atoms with Crippen LogP contribution in [0.2, 0.25) is 5.02 Å². The van der Waals surface area contributed by atoms with Crippen molar-refractivity contribution < 1.29 is 14.3 Å². The molecule has 1 atom stereocenters. The van der Waals surface area contributed by atoms with Crippen LogP contribution in [-0.4, -0.2) is 34.3 Å². The number of ketones is 1. The molecule has 0 saturated heterocycles. The molecular formula is C24H24ClN5O3S2. The largest absolute Gasteiger partial charge is 0.465 e. The molecule has 1 aromatic heterocycles. The van der Waals surface area contributed by atoms with Crippen molar-refractivity contribution >= 4 is 51.6 Å². The van der Waals surface area contributed by atoms with Gasteiger partial charge in [-0.15, -0.1) is 10.2 Å². The molecular weight excluding hydrogens is 506 g/mol. The number of rotatable bonds is 6. The van der Waals surface area contributed by atoms with Gasteiger partial charge in [0.25, 0.3) is 0 Å². The van der Waals surface area contributed by atoms with Crippen LogP contribution in [0, 0.1) is 16.7 Å². The number of aromatic nitrogens is 2. The highest BCUT2D eigenvalue weighted by Crippen LogP contribution is 2.50. The van der Waals surface area contributed by atoms with Gasteiger partial charge in [-0.3, -0.25) is 14.5 Å². The monoisotopic (exact) mass is 529 g/mol. The van der Waals surface area contributed by atoms with Gasteiger partial charge in [0.15, 0.2) is 10.1 Å². The lowest BCUT2D eigenvalue weighted by Crippen LogP contribution is -2.42. The minimum absolute atomic E-state index is 0.0344. The fourth-order valence-corrected chi connectivity index (χ4v) is 6.30. The van der Waals surface area contributed by atoms with Crippen LogP contribution in [0.1, 0.15) is 45.1 Å². The van der Waals surface area contributed by atoms with E-state index in [4.69, 9.17) is 22.1 Å². The summed E-state index contributed by atoms with van der Waals surface area (Å²) in [6.45, 7) is 6.11. The van der Waals surface area contributed by atoms with E-state index in [2.05, 4.69) is 16.3 Å². The van der Waals surface area contributed by atoms with Crippen LogP contribution in [0.3, 0.4) is 0 Å². The lowest BCUT2D eigenvalue weighted by Gasteiger charge is -2.42. The molecule has 182 valence electrons. The number of Topliss-reactive ketones (excluding diaryl/α,β-unsaturated/α-hetero) is 1. The molecule has 0 amide bonds. The number of carbonyl (C=O) groups is 2. The molecule has 2 aromatic rings. The molecule has 1 aromatic carbocycles. The number of benzene rings is 1. The summed E-state index contributed by atoms with van der Waals surface area (Å²) in [5.74, 6) is -0.674. The number of hydrogen-bond acceptors (Lipinski definition) is 10. The lowest BCUT2D eigenvalue weighted by molar-refractivity contribution is -0.139. The predicted octanol–water partition coefficient (Wildman–Crippen LogP) is 4.79. The molecule has 1 aliphatic carbocycles. The lowest BCUT2D eigenvalue weighted by atomic mass is 9.69. The quantitative estimate of drug-likeness (QED) is 0.415. The highest BCUT2D eigenvalue weighted by atomic mass is 35.5. The van der Waals surface area contributed by atoms with Crippen LogP contribution in [0.4, 0.5) is 5.13 Å². The van der Waals surface area contributed by atoms with Gasteiger partial charge in [0, 0.05) is 22.7 Å². The first-order valence-corrected chi connectivity index (χ1v) is 13.2. The Morgan fingerprint density at radius 3 is 2.86 bits per heavy atom. The van der Waals surface area contributed by atoms with Crippen LogP contribution in [0.25, 0.3) is 0 Å². The van der Waals surface area contributed by atoms with Crippen molar-refractivity contribution in [3.05, 3.63) is 57.5 Å². The molecule has 2 aliphatic rings. The zero-order chi connectivity index (χ0) is 25.3. The molecule has 0 spiro atoms. The van der Waals surface area contributed by atoms with Gasteiger partial charge in [0.05, 0.1) is 29.9 Å². The molecule has 4 rings (SSSR count). The second-order valence-corrected chi connectivity index (χ2v) is 11.6. The second-order valence-electron chi connectivity index (χ2n) is 8.98. The third-order valence-corrected chi connectivity index (χ3v) is 8.02. The van der Waals surface area contributed by atoms with Crippen molar-refractivity contribution in [2.45, 2.75) is 43.9 Å². The molecule has 0 fully saturated rings. The van der Waals surface area contributed by atoms with E-state index < -0.39 is 5.92 Å². The Hall–Kier alpha value is -2.87. The summed E-state index contributed by atoms with van der Waals surface area (Å²) in [4.78, 5) is 26.9. The number of anilines is 1. The molecule has 11 heteroatoms. The van der Waals surface area contributed by atoms with Crippen LogP contribution in [0.5, 0.6) is 0 Å². The summed E-state index contributed by atoms with van der Waals surface area (Å²) in [5.41, 5.74) is 8.55. The Balaban J connectivity index is 1.81. The van der Waals surface area contributed by atoms with Gasteiger partial charge < -0.3 is 10.5 Å². The van der Waals surface area contributed by atoms with Crippen LogP contribution in [-0.2, 0) is 14.3 Å². The highest BCUT2D eigenvalue weighted by Gasteiger charge is 2.45. The zero-order valence-corrected chi connectivity index (χ0v) is 21.9. The second kappa shape index (κ2) is 10.0. The van der Waals surface area contributed by atoms with Gasteiger partial charge in [0.1, 0.15) is 5.82 Å². The van der Waals surface area contributed by atoms with Crippen LogP contribution >= 0.6 is 34.7 Å². The first-order chi connectivity index (χ1) is 16.6. The van der Waals surface area contributed by atoms with Crippen molar-refractivity contribution in [2.75, 3.05) is 17.3 Å². The molecule has 0 radical (unpaired) electrons. The molecule has 0 bridgehead atoms. The summed E-state index contributed by atoms with van der Waals surface area (Å²) in [5, 5.41) is 19.6. The average molecular weight is 530 g/mol. The first kappa shape index (κ1) is 25.2. The van der Waals surface area contributed by atoms with E-state index >= 15 is 0 Å². The Morgan fingerprint density at radius 1 is 1.40 bits per heavy atom. The minimum Gasteiger partial charge on any atom is -0.465 e. The van der Waals surface area contributed by atoms with E-state index in [0.29, 0.717) is 45.2 Å². The summed E-state index contributed by atoms with van der Waals surface area (Å²) >= 11 is 8.71. The zero-order valence-electron chi connectivity index (χ0n) is 19.5. The number of thioether (sulfide) groups is 1. The maximum absolute atomic E-state index is 13.5. The smallest absolute Gasteiger partial charge is 0.316 e. The van der Waals surface area contributed by atoms with Gasteiger partial charge in [-0.05, 0) is 36.5 Å². The first-order valence-electron chi connectivity index (χ1n) is 11.0. The Morgan fingerprint density at radius 2 is 2.17 bits per heavy atom. The highest BCUT2D eigenvalue weighted by molar-refractivity contribution is 8.01. The summed E-state index contributed by atoms with van der Waals surface area (Å²) in [6.07, 6.45) is 0.918. The average Bonchev–Trinajstić information content (AvgIpc) is 3.24. The van der Waals surface area contributed by atoms with E-state index in [-0.39, 0.29) is 34.3 Å². The number of nitrogens with zero attached hydrogens (tertiary/aromatic N) is 4. The third kappa shape index (κ3) is 5.08. The van der Waals surface area contributed by atoms with Gasteiger partial charge >= 0.3 is 5.97 Å². The Bertz CT molecular complexity index is 1290. The van der Waals surface area contributed by atoms with E-state index in [1.54, 1.807) is 30.0 Å². The Labute approximate surface area is 216 Å². The number of nitrogens with two attached hydrogens (primary N) is 1. The predicted molar refractivity (Wildman–Crippen MR) is 136 cm³/mol. The van der Waals surface area contributed by atoms with Crippen molar-refractivity contribution in [1.82, 2.24) is 10.2 Å². The van der Waals surface area contributed by atoms with E-state index in [9.17, 15) is 14.9 Å². The normalized spacial score (nSPS) is 19.5. The molecule has 2 heterocycles. The van der Waals surface area contributed by atoms with Crippen molar-refractivity contribution in [2.24, 2.45) is 11.1 Å². The number of esters is 1. The summed E-state index contributed by atoms with van der Waals surface area (Å²) < 4.78 is 5.52. The van der Waals surface area contributed by atoms with Crippen molar-refractivity contribution in [3.8, 4) is 6.07 Å². The fraction of sp³-hybridized carbons (Fsp3) is 0.375. The molecule has 0 saturated carbocycles. The number of ether oxygens (including phenoxy) is 1. The maximum atomic E-state index is 13.5. The van der Waals surface area contributed by atoms with Gasteiger partial charge in [-0.25, -0.2) is 0 Å². The number of halogens is 1. The van der Waals surface area contributed by atoms with Gasteiger partial charge in [0.2, 0.25) is 5.13 Å². The minimum atomic E-state index is -0.612. The standard InChI is InChI=1S/C24H24ClN5O3S2/c1-4-33-18(32)12-34-23-29-28-22(35-23)30-16-9-24(2,3)10-17(31)20(16)19(15(11-26)21(30)27)13-6-5-7-14(25)8-13/h5-8,19H,4,9-10,12,27H2,1-3H3. The van der Waals surface area contributed by atoms with Crippen LogP contribution < -0.4 is 10.6 Å². The number of carbonyl (C=O) groups excluding carboxylic acids is 2. The van der Waals surface area contributed by atoms with Crippen molar-refractivity contribution in [1.29, 1.82) is 5.26 Å². The number of hydrogen-bond donors (Lipinski definition) is 1. The molecule has 1 aliphatic heterocycles. The van der Waals surface area contributed by atoms with E-state index in [1.165, 1.54) is 23.1 Å². The summed E-state index contributed by atoms with van der Waals surface area (Å²) in [6, 6.07) is 9.39. The number of allylic oxidation sites excluding steroid dienone is 3. The molecule has 1 unspecified atom stereocenters. The SMILES string of the molecule is CCOC(=O)CSc1nnc(N2C(N)=C(C#N)C(c3cccc(Cl)c3)C3=C2CC(C)(C)CC3=O)s1. The Kier molecular flexibility index (Phi) is 7.22. The third-order valence-electron chi connectivity index (χ3n) is 5.77. The van der Waals surface area contributed by atoms with Gasteiger partial charge in [-0.2, -0.15) is 5.26 Å². The molecule has 8 nitrogen and oxygen atoms in total. The van der Waals surface area contributed by atoms with Crippen molar-refractivity contribution in [3.63, 3.8) is 0 Å². The maximum Gasteiger partial charge on any atom is 0.316 e. The topological polar surface area (TPSA) is 122 Å². The molecule has 2 N–H and O–H groups in total. The van der Waals surface area contributed by atoms with E-state index in [1.807, 2.05) is 19.9 Å².